The monoisotopic (exact) mass is 319 g/mol. The van der Waals surface area contributed by atoms with Gasteiger partial charge >= 0.3 is 0 Å². The van der Waals surface area contributed by atoms with E-state index >= 15 is 0 Å². The highest BCUT2D eigenvalue weighted by Gasteiger charge is 2.27. The van der Waals surface area contributed by atoms with Gasteiger partial charge in [0.15, 0.2) is 0 Å². The van der Waals surface area contributed by atoms with E-state index in [4.69, 9.17) is 21.4 Å². The van der Waals surface area contributed by atoms with Crippen molar-refractivity contribution < 1.29 is 18.3 Å². The predicted octanol–water partition coefficient (Wildman–Crippen LogP) is 1.54. The van der Waals surface area contributed by atoms with Gasteiger partial charge < -0.3 is 9.84 Å². The van der Waals surface area contributed by atoms with E-state index in [9.17, 15) is 8.42 Å². The Balaban J connectivity index is 2.21. The van der Waals surface area contributed by atoms with Crippen molar-refractivity contribution in [1.29, 1.82) is 0 Å². The summed E-state index contributed by atoms with van der Waals surface area (Å²) in [5.74, 6) is 0.171. The number of sulfonamides is 1. The molecule has 0 spiro atoms. The Morgan fingerprint density at radius 2 is 2.30 bits per heavy atom. The number of aliphatic hydroxyl groups excluding tert-OH is 1. The zero-order valence-electron chi connectivity index (χ0n) is 11.2. The maximum Gasteiger partial charge on any atom is 0.242 e. The zero-order chi connectivity index (χ0) is 14.8. The number of aliphatic hydroxyl groups is 1. The Hall–Kier alpha value is -0.660. The molecule has 2 rings (SSSR count). The molecule has 112 valence electrons. The molecule has 2 atom stereocenters. The Kier molecular flexibility index (Phi) is 5.04. The van der Waals surface area contributed by atoms with E-state index < -0.39 is 10.0 Å². The van der Waals surface area contributed by atoms with E-state index in [0.717, 1.165) is 6.42 Å². The summed E-state index contributed by atoms with van der Waals surface area (Å²) in [4.78, 5) is -0.00326. The van der Waals surface area contributed by atoms with Gasteiger partial charge in [0, 0.05) is 18.6 Å². The van der Waals surface area contributed by atoms with Crippen molar-refractivity contribution in [1.82, 2.24) is 4.72 Å². The number of halogens is 1. The highest BCUT2D eigenvalue weighted by atomic mass is 35.5. The van der Waals surface area contributed by atoms with Gasteiger partial charge in [-0.2, -0.15) is 0 Å². The zero-order valence-corrected chi connectivity index (χ0v) is 12.7. The van der Waals surface area contributed by atoms with Gasteiger partial charge in [0.05, 0.1) is 18.2 Å². The highest BCUT2D eigenvalue weighted by Crippen LogP contribution is 2.24. The van der Waals surface area contributed by atoms with Crippen molar-refractivity contribution >= 4 is 21.6 Å². The van der Waals surface area contributed by atoms with Crippen molar-refractivity contribution in [3.8, 4) is 0 Å². The molecule has 7 heteroatoms. The Labute approximate surface area is 124 Å². The van der Waals surface area contributed by atoms with E-state index in [-0.39, 0.29) is 28.5 Å². The van der Waals surface area contributed by atoms with Crippen LogP contribution in [0.25, 0.3) is 0 Å². The molecule has 0 bridgehead atoms. The Morgan fingerprint density at radius 1 is 1.55 bits per heavy atom. The highest BCUT2D eigenvalue weighted by molar-refractivity contribution is 7.89. The molecule has 0 amide bonds. The quantitative estimate of drug-likeness (QED) is 0.863. The third kappa shape index (κ3) is 3.51. The lowest BCUT2D eigenvalue weighted by molar-refractivity contribution is 0.180. The van der Waals surface area contributed by atoms with Crippen LogP contribution in [0.1, 0.15) is 18.9 Å². The number of hydrogen-bond donors (Lipinski definition) is 2. The lowest BCUT2D eigenvalue weighted by Crippen LogP contribution is -2.38. The fourth-order valence-electron chi connectivity index (χ4n) is 2.20. The topological polar surface area (TPSA) is 75.6 Å². The van der Waals surface area contributed by atoms with Crippen molar-refractivity contribution in [2.45, 2.75) is 30.9 Å². The van der Waals surface area contributed by atoms with Crippen LogP contribution >= 0.6 is 11.6 Å². The average molecular weight is 320 g/mol. The molecule has 1 aromatic carbocycles. The lowest BCUT2D eigenvalue weighted by Gasteiger charge is -2.19. The Morgan fingerprint density at radius 3 is 2.90 bits per heavy atom. The van der Waals surface area contributed by atoms with Gasteiger partial charge in [0.1, 0.15) is 4.90 Å². The van der Waals surface area contributed by atoms with Crippen LogP contribution in [0.15, 0.2) is 23.1 Å². The summed E-state index contributed by atoms with van der Waals surface area (Å²) >= 11 is 5.96. The number of nitrogens with one attached hydrogen (secondary N) is 1. The van der Waals surface area contributed by atoms with Crippen molar-refractivity contribution in [3.05, 3.63) is 28.8 Å². The van der Waals surface area contributed by atoms with Gasteiger partial charge in [-0.25, -0.2) is 13.1 Å². The molecule has 0 aromatic heterocycles. The molecule has 1 aromatic rings. The molecule has 1 aliphatic rings. The maximum absolute atomic E-state index is 12.4. The van der Waals surface area contributed by atoms with E-state index in [1.165, 1.54) is 12.1 Å². The van der Waals surface area contributed by atoms with Gasteiger partial charge in [0.25, 0.3) is 0 Å². The fraction of sp³-hybridized carbons (Fsp3) is 0.538. The van der Waals surface area contributed by atoms with Crippen molar-refractivity contribution in [2.75, 3.05) is 13.2 Å². The van der Waals surface area contributed by atoms with Gasteiger partial charge in [-0.3, -0.25) is 0 Å². The van der Waals surface area contributed by atoms with Crippen LogP contribution in [0.4, 0.5) is 0 Å². The summed E-state index contributed by atoms with van der Waals surface area (Å²) in [5.41, 5.74) is 0.506. The number of benzene rings is 1. The molecule has 5 nitrogen and oxygen atoms in total. The molecule has 1 saturated heterocycles. The first-order valence-electron chi connectivity index (χ1n) is 6.43. The van der Waals surface area contributed by atoms with Crippen LogP contribution in [-0.4, -0.2) is 32.8 Å². The fourth-order valence-corrected chi connectivity index (χ4v) is 4.07. The smallest absolute Gasteiger partial charge is 0.242 e. The van der Waals surface area contributed by atoms with E-state index in [0.29, 0.717) is 18.8 Å². The normalized spacial score (nSPS) is 21.1. The van der Waals surface area contributed by atoms with Crippen molar-refractivity contribution in [3.63, 3.8) is 0 Å². The van der Waals surface area contributed by atoms with Crippen LogP contribution in [-0.2, 0) is 21.4 Å². The lowest BCUT2D eigenvalue weighted by atomic mass is 10.0. The summed E-state index contributed by atoms with van der Waals surface area (Å²) in [5, 5.41) is 9.24. The summed E-state index contributed by atoms with van der Waals surface area (Å²) in [6, 6.07) is 4.24. The van der Waals surface area contributed by atoms with Gasteiger partial charge in [0.2, 0.25) is 10.0 Å². The molecule has 1 fully saturated rings. The molecule has 0 saturated carbocycles. The number of ether oxygens (including phenoxy) is 1. The van der Waals surface area contributed by atoms with E-state index in [2.05, 4.69) is 4.72 Å². The SMILES string of the molecule is CC(NS(=O)(=O)c1cc(CO)ccc1Cl)C1CCOC1. The molecule has 1 heterocycles. The summed E-state index contributed by atoms with van der Waals surface area (Å²) in [6.07, 6.45) is 0.841. The van der Waals surface area contributed by atoms with Gasteiger partial charge in [-0.15, -0.1) is 0 Å². The first-order chi connectivity index (χ1) is 9.44. The second-order valence-corrected chi connectivity index (χ2v) is 7.05. The molecular weight excluding hydrogens is 302 g/mol. The minimum Gasteiger partial charge on any atom is -0.392 e. The first-order valence-corrected chi connectivity index (χ1v) is 8.29. The number of rotatable bonds is 5. The van der Waals surface area contributed by atoms with Gasteiger partial charge in [-0.05, 0) is 31.0 Å². The second-order valence-electron chi connectivity index (χ2n) is 4.96. The molecule has 2 unspecified atom stereocenters. The molecule has 0 aliphatic carbocycles. The van der Waals surface area contributed by atoms with Gasteiger partial charge in [-0.1, -0.05) is 17.7 Å². The molecule has 1 aliphatic heterocycles. The van der Waals surface area contributed by atoms with E-state index in [1.807, 2.05) is 6.92 Å². The maximum atomic E-state index is 12.4. The van der Waals surface area contributed by atoms with Crippen molar-refractivity contribution in [2.24, 2.45) is 5.92 Å². The molecule has 20 heavy (non-hydrogen) atoms. The summed E-state index contributed by atoms with van der Waals surface area (Å²) in [7, 11) is -3.71. The van der Waals surface area contributed by atoms with Crippen LogP contribution in [0.5, 0.6) is 0 Å². The van der Waals surface area contributed by atoms with Crippen LogP contribution < -0.4 is 4.72 Å². The second kappa shape index (κ2) is 6.41. The van der Waals surface area contributed by atoms with Crippen LogP contribution in [0.2, 0.25) is 5.02 Å². The van der Waals surface area contributed by atoms with Crippen LogP contribution in [0.3, 0.4) is 0 Å². The predicted molar refractivity (Wildman–Crippen MR) is 76.1 cm³/mol. The van der Waals surface area contributed by atoms with Crippen LogP contribution in [0, 0.1) is 5.92 Å². The average Bonchev–Trinajstić information content (AvgIpc) is 2.92. The minimum absolute atomic E-state index is 0.00326. The molecule has 0 radical (unpaired) electrons. The summed E-state index contributed by atoms with van der Waals surface area (Å²) in [6.45, 7) is 2.82. The largest absolute Gasteiger partial charge is 0.392 e. The Bertz CT molecular complexity index is 570. The minimum atomic E-state index is -3.71. The molecular formula is C13H18ClNO4S. The third-order valence-electron chi connectivity index (χ3n) is 3.48. The van der Waals surface area contributed by atoms with E-state index in [1.54, 1.807) is 6.07 Å². The number of hydrogen-bond acceptors (Lipinski definition) is 4. The first kappa shape index (κ1) is 15.7. The standard InChI is InChI=1S/C13H18ClNO4S/c1-9(11-4-5-19-8-11)15-20(17,18)13-6-10(7-16)2-3-12(13)14/h2-3,6,9,11,15-16H,4-5,7-8H2,1H3. The summed E-state index contributed by atoms with van der Waals surface area (Å²) < 4.78 is 32.6. The molecule has 2 N–H and O–H groups in total. The third-order valence-corrected chi connectivity index (χ3v) is 5.52.